The van der Waals surface area contributed by atoms with Gasteiger partial charge in [-0.15, -0.1) is 0 Å². The first kappa shape index (κ1) is 21.6. The number of benzene rings is 1. The van der Waals surface area contributed by atoms with Gasteiger partial charge in [0, 0.05) is 31.6 Å². The van der Waals surface area contributed by atoms with Gasteiger partial charge in [0.25, 0.3) is 0 Å². The lowest BCUT2D eigenvalue weighted by Crippen LogP contribution is -2.71. The second-order valence-electron chi connectivity index (χ2n) is 11.1. The van der Waals surface area contributed by atoms with Crippen LogP contribution in [0.3, 0.4) is 0 Å². The van der Waals surface area contributed by atoms with Crippen molar-refractivity contribution in [3.8, 4) is 5.69 Å². The highest BCUT2D eigenvalue weighted by molar-refractivity contribution is 6.34. The van der Waals surface area contributed by atoms with Crippen LogP contribution in [-0.4, -0.2) is 82.5 Å². The van der Waals surface area contributed by atoms with Crippen molar-refractivity contribution in [3.05, 3.63) is 35.7 Å². The number of rotatable bonds is 5. The predicted molar refractivity (Wildman–Crippen MR) is 131 cm³/mol. The van der Waals surface area contributed by atoms with Crippen LogP contribution in [0.1, 0.15) is 26.2 Å². The number of aromatic nitrogens is 4. The normalized spacial score (nSPS) is 29.4. The highest BCUT2D eigenvalue weighted by Gasteiger charge is 2.74. The summed E-state index contributed by atoms with van der Waals surface area (Å²) in [6.07, 6.45) is 8.14. The molecule has 2 aromatic heterocycles. The second-order valence-corrected chi connectivity index (χ2v) is 11.5. The molecule has 3 saturated carbocycles. The Hall–Kier alpha value is -2.62. The van der Waals surface area contributed by atoms with Crippen molar-refractivity contribution in [2.75, 3.05) is 51.4 Å². The fourth-order valence-corrected chi connectivity index (χ4v) is 6.93. The van der Waals surface area contributed by atoms with Crippen molar-refractivity contribution in [1.29, 1.82) is 0 Å². The fraction of sp³-hybridized carbons (Fsp3) is 0.560. The molecule has 0 spiro atoms. The van der Waals surface area contributed by atoms with Crippen LogP contribution >= 0.6 is 11.6 Å². The SMILES string of the molecule is COC(=O)C12CC(n3cc(-n4ncc5cc(Cl)c(N6CCN(C7(C)COC7)CC6)cc54)cn3)(C1)C2. The molecular weight excluding hydrogens is 468 g/mol. The Morgan fingerprint density at radius 1 is 1.09 bits per heavy atom. The van der Waals surface area contributed by atoms with E-state index < -0.39 is 0 Å². The fourth-order valence-electron chi connectivity index (χ4n) is 6.64. The number of carbonyl (C=O) groups is 1. The average Bonchev–Trinajstić information content (AvgIpc) is 3.42. The Balaban J connectivity index is 1.13. The first-order valence-electron chi connectivity index (χ1n) is 12.2. The third kappa shape index (κ3) is 2.98. The number of halogens is 1. The topological polar surface area (TPSA) is 77.7 Å². The van der Waals surface area contributed by atoms with Gasteiger partial charge < -0.3 is 14.4 Å². The maximum atomic E-state index is 12.1. The molecule has 0 N–H and O–H groups in total. The van der Waals surface area contributed by atoms with Gasteiger partial charge in [-0.1, -0.05) is 11.6 Å². The van der Waals surface area contributed by atoms with Crippen molar-refractivity contribution in [2.24, 2.45) is 5.41 Å². The molecule has 10 heteroatoms. The summed E-state index contributed by atoms with van der Waals surface area (Å²) in [5.41, 5.74) is 2.78. The van der Waals surface area contributed by atoms with Gasteiger partial charge >= 0.3 is 5.97 Å². The largest absolute Gasteiger partial charge is 0.469 e. The molecule has 3 aliphatic carbocycles. The maximum Gasteiger partial charge on any atom is 0.312 e. The van der Waals surface area contributed by atoms with Crippen LogP contribution in [0.15, 0.2) is 30.7 Å². The molecule has 4 heterocycles. The molecule has 0 unspecified atom stereocenters. The van der Waals surface area contributed by atoms with Crippen molar-refractivity contribution >= 4 is 34.2 Å². The molecule has 1 aromatic carbocycles. The van der Waals surface area contributed by atoms with Crippen LogP contribution in [0.25, 0.3) is 16.6 Å². The Bertz CT molecular complexity index is 1320. The van der Waals surface area contributed by atoms with Gasteiger partial charge in [-0.2, -0.15) is 10.2 Å². The summed E-state index contributed by atoms with van der Waals surface area (Å²) >= 11 is 6.74. The monoisotopic (exact) mass is 496 g/mol. The van der Waals surface area contributed by atoms with Crippen LogP contribution in [0.5, 0.6) is 0 Å². The number of ether oxygens (including phenoxy) is 2. The van der Waals surface area contributed by atoms with Crippen LogP contribution in [0.2, 0.25) is 5.02 Å². The van der Waals surface area contributed by atoms with Crippen molar-refractivity contribution in [2.45, 2.75) is 37.3 Å². The zero-order valence-electron chi connectivity index (χ0n) is 20.0. The number of piperazine rings is 1. The molecule has 2 saturated heterocycles. The molecule has 9 nitrogen and oxygen atoms in total. The van der Waals surface area contributed by atoms with E-state index in [1.54, 1.807) is 0 Å². The first-order valence-corrected chi connectivity index (χ1v) is 12.6. The lowest BCUT2D eigenvalue weighted by atomic mass is 9.39. The van der Waals surface area contributed by atoms with Crippen LogP contribution in [-0.2, 0) is 19.8 Å². The lowest BCUT2D eigenvalue weighted by Gasteiger charge is -2.67. The van der Waals surface area contributed by atoms with E-state index in [2.05, 4.69) is 33.0 Å². The standard InChI is InChI=1S/C25H29ClN6O3/c1-23(15-35-16-23)30-5-3-29(4-6-30)21-8-20-17(7-19(21)26)9-28-32(20)18-10-27-31(11-18)25-12-24(13-25,14-25)22(33)34-2/h7-11H,3-6,12-16H2,1-2H3. The number of nitrogens with zero attached hydrogens (tertiary/aromatic N) is 6. The van der Waals surface area contributed by atoms with E-state index in [0.29, 0.717) is 0 Å². The minimum absolute atomic E-state index is 0.0638. The summed E-state index contributed by atoms with van der Waals surface area (Å²) < 4.78 is 14.4. The minimum atomic E-state index is -0.294. The van der Waals surface area contributed by atoms with Crippen LogP contribution in [0, 0.1) is 5.41 Å². The van der Waals surface area contributed by atoms with Crippen molar-refractivity contribution < 1.29 is 14.3 Å². The smallest absolute Gasteiger partial charge is 0.312 e. The third-order valence-electron chi connectivity index (χ3n) is 8.77. The molecule has 0 radical (unpaired) electrons. The highest BCUT2D eigenvalue weighted by Crippen LogP contribution is 2.71. The van der Waals surface area contributed by atoms with Crippen molar-refractivity contribution in [1.82, 2.24) is 24.5 Å². The van der Waals surface area contributed by atoms with Gasteiger partial charge in [-0.25, -0.2) is 4.68 Å². The summed E-state index contributed by atoms with van der Waals surface area (Å²) in [7, 11) is 1.47. The van der Waals surface area contributed by atoms with Gasteiger partial charge in [-0.05, 0) is 38.3 Å². The van der Waals surface area contributed by atoms with Gasteiger partial charge in [-0.3, -0.25) is 14.4 Å². The first-order chi connectivity index (χ1) is 16.8. The van der Waals surface area contributed by atoms with Gasteiger partial charge in [0.15, 0.2) is 0 Å². The molecular formula is C25H29ClN6O3. The van der Waals surface area contributed by atoms with E-state index in [0.717, 1.165) is 86.0 Å². The molecule has 3 aromatic rings. The number of methoxy groups -OCH3 is 1. The average molecular weight is 497 g/mol. The van der Waals surface area contributed by atoms with Crippen molar-refractivity contribution in [3.63, 3.8) is 0 Å². The predicted octanol–water partition coefficient (Wildman–Crippen LogP) is 2.84. The van der Waals surface area contributed by atoms with E-state index in [1.165, 1.54) is 7.11 Å². The molecule has 184 valence electrons. The van der Waals surface area contributed by atoms with E-state index >= 15 is 0 Å². The minimum Gasteiger partial charge on any atom is -0.469 e. The summed E-state index contributed by atoms with van der Waals surface area (Å²) in [6, 6.07) is 4.16. The number of hydrogen-bond acceptors (Lipinski definition) is 7. The van der Waals surface area contributed by atoms with Gasteiger partial charge in [0.05, 0.1) is 71.6 Å². The zero-order valence-corrected chi connectivity index (χ0v) is 20.8. The summed E-state index contributed by atoms with van der Waals surface area (Å²) in [6.45, 7) is 7.76. The number of hydrogen-bond donors (Lipinski definition) is 0. The molecule has 2 bridgehead atoms. The van der Waals surface area contributed by atoms with Gasteiger partial charge in [0.1, 0.15) is 5.69 Å². The number of fused-ring (bicyclic) bond motifs is 1. The van der Waals surface area contributed by atoms with Crippen LogP contribution < -0.4 is 4.90 Å². The van der Waals surface area contributed by atoms with E-state index in [1.807, 2.05) is 34.0 Å². The summed E-state index contributed by atoms with van der Waals surface area (Å²) in [5, 5.41) is 11.1. The maximum absolute atomic E-state index is 12.1. The summed E-state index contributed by atoms with van der Waals surface area (Å²) in [4.78, 5) is 17.0. The molecule has 8 rings (SSSR count). The third-order valence-corrected chi connectivity index (χ3v) is 9.07. The summed E-state index contributed by atoms with van der Waals surface area (Å²) in [5.74, 6) is -0.0924. The van der Waals surface area contributed by atoms with Gasteiger partial charge in [0.2, 0.25) is 0 Å². The Labute approximate surface area is 208 Å². The Morgan fingerprint density at radius 3 is 2.49 bits per heavy atom. The van der Waals surface area contributed by atoms with E-state index in [9.17, 15) is 4.79 Å². The molecule has 0 atom stereocenters. The van der Waals surface area contributed by atoms with Crippen LogP contribution in [0.4, 0.5) is 5.69 Å². The Kier molecular flexibility index (Phi) is 4.46. The number of carbonyl (C=O) groups excluding carboxylic acids is 1. The Morgan fingerprint density at radius 2 is 1.83 bits per heavy atom. The highest BCUT2D eigenvalue weighted by atomic mass is 35.5. The van der Waals surface area contributed by atoms with E-state index in [-0.39, 0.29) is 22.5 Å². The molecule has 35 heavy (non-hydrogen) atoms. The molecule has 0 amide bonds. The quantitative estimate of drug-likeness (QED) is 0.503. The molecule has 5 fully saturated rings. The molecule has 2 aliphatic heterocycles. The lowest BCUT2D eigenvalue weighted by molar-refractivity contribution is -0.219. The second kappa shape index (κ2) is 7.21. The van der Waals surface area contributed by atoms with E-state index in [4.69, 9.17) is 21.1 Å². The number of esters is 1. The molecule has 5 aliphatic rings. The number of anilines is 1. The zero-order chi connectivity index (χ0) is 24.0.